The fraction of sp³-hybridized carbons (Fsp3) is 0.929. The van der Waals surface area contributed by atoms with Gasteiger partial charge >= 0.3 is 5.97 Å². The molecule has 18 heavy (non-hydrogen) atoms. The van der Waals surface area contributed by atoms with E-state index in [4.69, 9.17) is 9.84 Å². The van der Waals surface area contributed by atoms with Gasteiger partial charge in [-0.2, -0.15) is 0 Å². The van der Waals surface area contributed by atoms with Crippen LogP contribution >= 0.6 is 0 Å². The van der Waals surface area contributed by atoms with Gasteiger partial charge in [-0.15, -0.1) is 0 Å². The van der Waals surface area contributed by atoms with Crippen LogP contribution < -0.4 is 0 Å². The lowest BCUT2D eigenvalue weighted by Crippen LogP contribution is -2.32. The van der Waals surface area contributed by atoms with Crippen LogP contribution in [0.1, 0.15) is 59.8 Å². The van der Waals surface area contributed by atoms with Crippen molar-refractivity contribution < 1.29 is 19.7 Å². The summed E-state index contributed by atoms with van der Waals surface area (Å²) in [7, 11) is 0. The number of hydrogen-bond donors (Lipinski definition) is 2. The van der Waals surface area contributed by atoms with E-state index in [9.17, 15) is 9.90 Å². The van der Waals surface area contributed by atoms with E-state index >= 15 is 0 Å². The minimum absolute atomic E-state index is 0.0374. The monoisotopic (exact) mass is 260 g/mol. The highest BCUT2D eigenvalue weighted by Gasteiger charge is 2.29. The molecule has 1 atom stereocenters. The van der Waals surface area contributed by atoms with Crippen molar-refractivity contribution in [1.82, 2.24) is 0 Å². The smallest absolute Gasteiger partial charge is 0.308 e. The zero-order valence-electron chi connectivity index (χ0n) is 12.2. The molecule has 2 N–H and O–H groups in total. The molecule has 0 saturated carbocycles. The third kappa shape index (κ3) is 6.97. The maximum Gasteiger partial charge on any atom is 0.308 e. The van der Waals surface area contributed by atoms with E-state index in [1.54, 1.807) is 0 Å². The molecule has 4 nitrogen and oxygen atoms in total. The molecule has 0 saturated heterocycles. The Bertz CT molecular complexity index is 250. The maximum atomic E-state index is 11.3. The van der Waals surface area contributed by atoms with Crippen molar-refractivity contribution in [3.05, 3.63) is 0 Å². The van der Waals surface area contributed by atoms with Gasteiger partial charge in [-0.1, -0.05) is 20.3 Å². The highest BCUT2D eigenvalue weighted by atomic mass is 16.6. The predicted octanol–water partition coefficient (Wildman–Crippen LogP) is 2.27. The normalized spacial score (nSPS) is 15.2. The van der Waals surface area contributed by atoms with Crippen LogP contribution in [0, 0.1) is 5.41 Å². The summed E-state index contributed by atoms with van der Waals surface area (Å²) in [5.74, 6) is -0.372. The zero-order valence-corrected chi connectivity index (χ0v) is 12.2. The number of rotatable bonds is 9. The molecule has 4 heteroatoms. The molecule has 0 rings (SSSR count). The minimum atomic E-state index is -0.545. The molecule has 0 radical (unpaired) electrons. The lowest BCUT2D eigenvalue weighted by atomic mass is 9.79. The average molecular weight is 260 g/mol. The first-order valence-corrected chi connectivity index (χ1v) is 6.72. The van der Waals surface area contributed by atoms with Crippen molar-refractivity contribution in [2.45, 2.75) is 65.4 Å². The van der Waals surface area contributed by atoms with E-state index in [0.717, 1.165) is 19.3 Å². The summed E-state index contributed by atoms with van der Waals surface area (Å²) in [6, 6.07) is 0. The van der Waals surface area contributed by atoms with E-state index in [-0.39, 0.29) is 31.0 Å². The lowest BCUT2D eigenvalue weighted by molar-refractivity contribution is -0.158. The number of esters is 1. The highest BCUT2D eigenvalue weighted by Crippen LogP contribution is 2.32. The predicted molar refractivity (Wildman–Crippen MR) is 71.2 cm³/mol. The quantitative estimate of drug-likeness (QED) is 0.624. The summed E-state index contributed by atoms with van der Waals surface area (Å²) < 4.78 is 5.32. The van der Waals surface area contributed by atoms with E-state index in [1.807, 2.05) is 13.8 Å². The van der Waals surface area contributed by atoms with Gasteiger partial charge in [0, 0.05) is 6.61 Å². The highest BCUT2D eigenvalue weighted by molar-refractivity contribution is 5.69. The fourth-order valence-electron chi connectivity index (χ4n) is 1.99. The van der Waals surface area contributed by atoms with Crippen molar-refractivity contribution in [3.63, 3.8) is 0 Å². The Morgan fingerprint density at radius 2 is 1.72 bits per heavy atom. The second-order valence-electron chi connectivity index (χ2n) is 5.93. The Labute approximate surface area is 110 Å². The molecule has 0 aliphatic heterocycles. The first-order chi connectivity index (χ1) is 8.28. The van der Waals surface area contributed by atoms with Gasteiger partial charge in [-0.25, -0.2) is 0 Å². The summed E-state index contributed by atoms with van der Waals surface area (Å²) >= 11 is 0. The topological polar surface area (TPSA) is 66.8 Å². The molecule has 0 aliphatic rings. The molecule has 0 fully saturated rings. The number of carbonyl (C=O) groups is 1. The zero-order chi connectivity index (χ0) is 14.2. The largest absolute Gasteiger partial charge is 0.460 e. The molecule has 1 unspecified atom stereocenters. The minimum Gasteiger partial charge on any atom is -0.460 e. The fourth-order valence-corrected chi connectivity index (χ4v) is 1.99. The van der Waals surface area contributed by atoms with Crippen LogP contribution in [-0.2, 0) is 9.53 Å². The summed E-state index contributed by atoms with van der Waals surface area (Å²) in [6.07, 6.45) is 3.56. The van der Waals surface area contributed by atoms with Crippen molar-refractivity contribution in [2.75, 3.05) is 13.2 Å². The van der Waals surface area contributed by atoms with Gasteiger partial charge in [0.05, 0.1) is 13.0 Å². The second-order valence-corrected chi connectivity index (χ2v) is 5.93. The van der Waals surface area contributed by atoms with Crippen LogP contribution in [0.15, 0.2) is 0 Å². The first-order valence-electron chi connectivity index (χ1n) is 6.72. The number of aliphatic hydroxyl groups excluding tert-OH is 2. The van der Waals surface area contributed by atoms with Gasteiger partial charge in [0.2, 0.25) is 0 Å². The second kappa shape index (κ2) is 7.74. The molecule has 0 bridgehead atoms. The molecule has 0 aromatic heterocycles. The van der Waals surface area contributed by atoms with E-state index < -0.39 is 5.60 Å². The van der Waals surface area contributed by atoms with Gasteiger partial charge in [-0.05, 0) is 38.5 Å². The Hall–Kier alpha value is -0.610. The van der Waals surface area contributed by atoms with E-state index in [0.29, 0.717) is 6.42 Å². The standard InChI is InChI=1S/C14H28O4/c1-5-7-14(4,11-16)9-8-13(2,3)18-12(17)6-10-15/h15-16H,5-11H2,1-4H3. The summed E-state index contributed by atoms with van der Waals surface area (Å²) in [5.41, 5.74) is -0.647. The number of ether oxygens (including phenoxy) is 1. The van der Waals surface area contributed by atoms with Crippen molar-refractivity contribution >= 4 is 5.97 Å². The van der Waals surface area contributed by atoms with Crippen LogP contribution in [0.2, 0.25) is 0 Å². The van der Waals surface area contributed by atoms with Crippen molar-refractivity contribution in [3.8, 4) is 0 Å². The Morgan fingerprint density at radius 3 is 2.17 bits per heavy atom. The molecule has 0 amide bonds. The Kier molecular flexibility index (Phi) is 7.48. The van der Waals surface area contributed by atoms with Gasteiger partial charge in [0.25, 0.3) is 0 Å². The molecule has 0 heterocycles. The molecule has 108 valence electrons. The van der Waals surface area contributed by atoms with Crippen LogP contribution in [0.5, 0.6) is 0 Å². The molecular formula is C14H28O4. The molecule has 0 aromatic rings. The Morgan fingerprint density at radius 1 is 1.11 bits per heavy atom. The first kappa shape index (κ1) is 17.4. The average Bonchev–Trinajstić information content (AvgIpc) is 2.27. The Balaban J connectivity index is 4.27. The number of carbonyl (C=O) groups excluding carboxylic acids is 1. The van der Waals surface area contributed by atoms with Crippen LogP contribution in [-0.4, -0.2) is 35.0 Å². The third-order valence-electron chi connectivity index (χ3n) is 3.27. The third-order valence-corrected chi connectivity index (χ3v) is 3.27. The lowest BCUT2D eigenvalue weighted by Gasteiger charge is -2.32. The van der Waals surface area contributed by atoms with Crippen LogP contribution in [0.25, 0.3) is 0 Å². The van der Waals surface area contributed by atoms with Crippen molar-refractivity contribution in [1.29, 1.82) is 0 Å². The van der Waals surface area contributed by atoms with Crippen LogP contribution in [0.4, 0.5) is 0 Å². The number of aliphatic hydroxyl groups is 2. The van der Waals surface area contributed by atoms with Gasteiger partial charge in [0.15, 0.2) is 0 Å². The van der Waals surface area contributed by atoms with Crippen LogP contribution in [0.3, 0.4) is 0 Å². The maximum absolute atomic E-state index is 11.3. The molecule has 0 spiro atoms. The van der Waals surface area contributed by atoms with Gasteiger partial charge < -0.3 is 14.9 Å². The molecule has 0 aromatic carbocycles. The summed E-state index contributed by atoms with van der Waals surface area (Å²) in [4.78, 5) is 11.3. The van der Waals surface area contributed by atoms with Crippen molar-refractivity contribution in [2.24, 2.45) is 5.41 Å². The SMILES string of the molecule is CCCC(C)(CO)CCC(C)(C)OC(=O)CCO. The molecule has 0 aliphatic carbocycles. The van der Waals surface area contributed by atoms with Gasteiger partial charge in [-0.3, -0.25) is 4.79 Å². The van der Waals surface area contributed by atoms with E-state index in [2.05, 4.69) is 13.8 Å². The van der Waals surface area contributed by atoms with E-state index in [1.165, 1.54) is 0 Å². The van der Waals surface area contributed by atoms with Gasteiger partial charge in [0.1, 0.15) is 5.60 Å². The number of hydrogen-bond acceptors (Lipinski definition) is 4. The summed E-state index contributed by atoms with van der Waals surface area (Å²) in [5, 5.41) is 18.1. The summed E-state index contributed by atoms with van der Waals surface area (Å²) in [6.45, 7) is 7.86. The molecular weight excluding hydrogens is 232 g/mol.